The summed E-state index contributed by atoms with van der Waals surface area (Å²) in [7, 11) is 1.71. The molecule has 0 aliphatic heterocycles. The zero-order valence-corrected chi connectivity index (χ0v) is 13.0. The average molecular weight is 316 g/mol. The van der Waals surface area contributed by atoms with Gasteiger partial charge in [-0.1, -0.05) is 15.9 Å². The van der Waals surface area contributed by atoms with Crippen LogP contribution in [-0.4, -0.2) is 33.5 Å². The summed E-state index contributed by atoms with van der Waals surface area (Å²) in [6.45, 7) is 7.29. The molecule has 0 atom stereocenters. The molecule has 0 spiro atoms. The second-order valence-corrected chi connectivity index (χ2v) is 5.22. The van der Waals surface area contributed by atoms with Crippen molar-refractivity contribution < 1.29 is 9.47 Å². The van der Waals surface area contributed by atoms with E-state index in [1.807, 2.05) is 0 Å². The number of rotatable bonds is 8. The summed E-state index contributed by atoms with van der Waals surface area (Å²) in [6.07, 6.45) is 0.951. The van der Waals surface area contributed by atoms with Crippen molar-refractivity contribution in [2.45, 2.75) is 20.3 Å². The molecule has 4 heteroatoms. The largest absolute Gasteiger partial charge is 0.385 e. The molecule has 0 aliphatic carbocycles. The molecule has 1 rings (SSSR count). The lowest BCUT2D eigenvalue weighted by atomic mass is 10.1. The Morgan fingerprint density at radius 1 is 1.11 bits per heavy atom. The van der Waals surface area contributed by atoms with Crippen LogP contribution < -0.4 is 5.32 Å². The highest BCUT2D eigenvalue weighted by Crippen LogP contribution is 2.24. The van der Waals surface area contributed by atoms with Crippen LogP contribution in [0.4, 0.5) is 5.69 Å². The third kappa shape index (κ3) is 5.38. The van der Waals surface area contributed by atoms with Crippen LogP contribution in [0, 0.1) is 13.8 Å². The Hall–Kier alpha value is -0.580. The second kappa shape index (κ2) is 8.51. The Balaban J connectivity index is 2.27. The lowest BCUT2D eigenvalue weighted by molar-refractivity contribution is 0.109. The minimum Gasteiger partial charge on any atom is -0.385 e. The van der Waals surface area contributed by atoms with Crippen molar-refractivity contribution >= 4 is 21.6 Å². The lowest BCUT2D eigenvalue weighted by Crippen LogP contribution is -2.12. The minimum atomic E-state index is 0.721. The van der Waals surface area contributed by atoms with Gasteiger partial charge in [0, 0.05) is 37.0 Å². The first kappa shape index (κ1) is 15.5. The Morgan fingerprint density at radius 3 is 2.39 bits per heavy atom. The molecule has 0 saturated carbocycles. The molecule has 1 aromatic carbocycles. The highest BCUT2D eigenvalue weighted by atomic mass is 79.9. The molecule has 1 aromatic rings. The first-order valence-electron chi connectivity index (χ1n) is 6.22. The Kier molecular flexibility index (Phi) is 7.32. The van der Waals surface area contributed by atoms with Gasteiger partial charge >= 0.3 is 0 Å². The van der Waals surface area contributed by atoms with E-state index in [0.717, 1.165) is 37.3 Å². The second-order valence-electron chi connectivity index (χ2n) is 4.30. The van der Waals surface area contributed by atoms with Crippen LogP contribution in [0.3, 0.4) is 0 Å². The van der Waals surface area contributed by atoms with Gasteiger partial charge in [0.2, 0.25) is 0 Å². The quantitative estimate of drug-likeness (QED) is 0.744. The van der Waals surface area contributed by atoms with Gasteiger partial charge in [0.05, 0.1) is 6.61 Å². The Bertz CT molecular complexity index is 346. The minimum absolute atomic E-state index is 0.721. The van der Waals surface area contributed by atoms with E-state index in [9.17, 15) is 0 Å². The van der Waals surface area contributed by atoms with E-state index in [0.29, 0.717) is 0 Å². The van der Waals surface area contributed by atoms with E-state index >= 15 is 0 Å². The smallest absolute Gasteiger partial charge is 0.0639 e. The predicted octanol–water partition coefficient (Wildman–Crippen LogP) is 3.53. The summed E-state index contributed by atoms with van der Waals surface area (Å²) in [5.41, 5.74) is 3.71. The normalized spacial score (nSPS) is 10.7. The summed E-state index contributed by atoms with van der Waals surface area (Å²) < 4.78 is 11.6. The van der Waals surface area contributed by atoms with Crippen molar-refractivity contribution in [2.75, 3.05) is 38.8 Å². The van der Waals surface area contributed by atoms with Crippen molar-refractivity contribution in [1.82, 2.24) is 0 Å². The van der Waals surface area contributed by atoms with Crippen molar-refractivity contribution in [3.05, 3.63) is 27.7 Å². The van der Waals surface area contributed by atoms with Gasteiger partial charge in [-0.2, -0.15) is 0 Å². The zero-order valence-electron chi connectivity index (χ0n) is 11.4. The van der Waals surface area contributed by atoms with Gasteiger partial charge in [-0.15, -0.1) is 0 Å². The van der Waals surface area contributed by atoms with Crippen molar-refractivity contribution in [2.24, 2.45) is 0 Å². The summed E-state index contributed by atoms with van der Waals surface area (Å²) >= 11 is 3.50. The van der Waals surface area contributed by atoms with Crippen LogP contribution in [0.2, 0.25) is 0 Å². The monoisotopic (exact) mass is 315 g/mol. The summed E-state index contributed by atoms with van der Waals surface area (Å²) in [5.74, 6) is 0. The number of benzene rings is 1. The first-order valence-corrected chi connectivity index (χ1v) is 7.01. The summed E-state index contributed by atoms with van der Waals surface area (Å²) in [6, 6.07) is 4.24. The third-order valence-corrected chi connectivity index (χ3v) is 3.14. The van der Waals surface area contributed by atoms with E-state index in [-0.39, 0.29) is 0 Å². The van der Waals surface area contributed by atoms with Gasteiger partial charge in [-0.05, 0) is 43.5 Å². The van der Waals surface area contributed by atoms with Gasteiger partial charge < -0.3 is 14.8 Å². The number of hydrogen-bond acceptors (Lipinski definition) is 3. The van der Waals surface area contributed by atoms with Crippen LogP contribution in [0.15, 0.2) is 16.6 Å². The number of hydrogen-bond donors (Lipinski definition) is 1. The highest BCUT2D eigenvalue weighted by Gasteiger charge is 2.03. The van der Waals surface area contributed by atoms with E-state index in [1.165, 1.54) is 16.8 Å². The molecule has 0 radical (unpaired) electrons. The fraction of sp³-hybridized carbons (Fsp3) is 0.571. The molecule has 0 fully saturated rings. The lowest BCUT2D eigenvalue weighted by Gasteiger charge is -2.13. The number of halogens is 1. The molecular weight excluding hydrogens is 294 g/mol. The number of ether oxygens (including phenoxy) is 2. The maximum atomic E-state index is 5.51. The maximum Gasteiger partial charge on any atom is 0.0639 e. The molecule has 0 aromatic heterocycles. The summed E-state index contributed by atoms with van der Waals surface area (Å²) in [4.78, 5) is 0. The fourth-order valence-corrected chi connectivity index (χ4v) is 2.53. The van der Waals surface area contributed by atoms with Gasteiger partial charge in [-0.25, -0.2) is 0 Å². The van der Waals surface area contributed by atoms with Gasteiger partial charge in [0.1, 0.15) is 0 Å². The predicted molar refractivity (Wildman–Crippen MR) is 79.4 cm³/mol. The van der Waals surface area contributed by atoms with Crippen LogP contribution >= 0.6 is 15.9 Å². The van der Waals surface area contributed by atoms with Gasteiger partial charge in [0.25, 0.3) is 0 Å². The molecule has 0 amide bonds. The maximum absolute atomic E-state index is 5.51. The van der Waals surface area contributed by atoms with Crippen molar-refractivity contribution in [1.29, 1.82) is 0 Å². The van der Waals surface area contributed by atoms with Crippen LogP contribution in [0.5, 0.6) is 0 Å². The molecule has 0 unspecified atom stereocenters. The SMILES string of the molecule is COCCCOCCNc1c(C)cc(Br)cc1C. The molecule has 0 aliphatic rings. The highest BCUT2D eigenvalue weighted by molar-refractivity contribution is 9.10. The number of anilines is 1. The molecular formula is C14H22BrNO2. The number of nitrogens with one attached hydrogen (secondary N) is 1. The first-order chi connectivity index (χ1) is 8.65. The summed E-state index contributed by atoms with van der Waals surface area (Å²) in [5, 5.41) is 3.42. The van der Waals surface area contributed by atoms with Crippen LogP contribution in [-0.2, 0) is 9.47 Å². The van der Waals surface area contributed by atoms with Gasteiger partial charge in [0.15, 0.2) is 0 Å². The van der Waals surface area contributed by atoms with E-state index in [4.69, 9.17) is 9.47 Å². The van der Waals surface area contributed by atoms with Crippen LogP contribution in [0.1, 0.15) is 17.5 Å². The Labute approximate surface area is 118 Å². The third-order valence-electron chi connectivity index (χ3n) is 2.68. The zero-order chi connectivity index (χ0) is 13.4. The molecule has 1 N–H and O–H groups in total. The van der Waals surface area contributed by atoms with E-state index in [2.05, 4.69) is 47.2 Å². The van der Waals surface area contributed by atoms with Crippen molar-refractivity contribution in [3.63, 3.8) is 0 Å². The number of methoxy groups -OCH3 is 1. The van der Waals surface area contributed by atoms with Crippen LogP contribution in [0.25, 0.3) is 0 Å². The molecule has 3 nitrogen and oxygen atoms in total. The molecule has 0 heterocycles. The van der Waals surface area contributed by atoms with Gasteiger partial charge in [-0.3, -0.25) is 0 Å². The van der Waals surface area contributed by atoms with E-state index in [1.54, 1.807) is 7.11 Å². The molecule has 102 valence electrons. The fourth-order valence-electron chi connectivity index (χ4n) is 1.85. The van der Waals surface area contributed by atoms with E-state index < -0.39 is 0 Å². The molecule has 0 saturated heterocycles. The molecule has 18 heavy (non-hydrogen) atoms. The Morgan fingerprint density at radius 2 is 1.78 bits per heavy atom. The van der Waals surface area contributed by atoms with Crippen molar-refractivity contribution in [3.8, 4) is 0 Å². The number of aryl methyl sites for hydroxylation is 2. The molecule has 0 bridgehead atoms. The average Bonchev–Trinajstić information content (AvgIpc) is 2.30. The standard InChI is InChI=1S/C14H22BrNO2/c1-11-9-13(15)10-12(2)14(11)16-5-8-18-7-4-6-17-3/h9-10,16H,4-8H2,1-3H3. The topological polar surface area (TPSA) is 30.5 Å².